The standard InChI is InChI=1S/C24H28N4OS.ClH/c1-4-6-21(24(29)27-19-12-14-20(15-13-19)28(2)3)17-8-10-18(11-9-17)26-23(25)22-7-5-16-30-22;/h5,7-16,21H,4,6H2,1-3H3,(H2,25,26)(H,27,29);1H. The van der Waals surface area contributed by atoms with Crippen LogP contribution in [-0.2, 0) is 4.79 Å². The lowest BCUT2D eigenvalue weighted by Crippen LogP contribution is -2.21. The maximum Gasteiger partial charge on any atom is 0.231 e. The van der Waals surface area contributed by atoms with Crippen molar-refractivity contribution in [3.63, 3.8) is 0 Å². The van der Waals surface area contributed by atoms with Gasteiger partial charge in [-0.25, -0.2) is 4.99 Å². The molecular formula is C24H29ClN4OS. The van der Waals surface area contributed by atoms with Crippen LogP contribution >= 0.6 is 23.7 Å². The van der Waals surface area contributed by atoms with Crippen molar-refractivity contribution in [1.82, 2.24) is 0 Å². The van der Waals surface area contributed by atoms with E-state index >= 15 is 0 Å². The average molecular weight is 457 g/mol. The number of carbonyl (C=O) groups is 1. The van der Waals surface area contributed by atoms with E-state index in [4.69, 9.17) is 5.73 Å². The molecule has 3 N–H and O–H groups in total. The van der Waals surface area contributed by atoms with E-state index in [0.717, 1.165) is 40.3 Å². The van der Waals surface area contributed by atoms with Crippen molar-refractivity contribution < 1.29 is 4.79 Å². The van der Waals surface area contributed by atoms with Gasteiger partial charge in [0.2, 0.25) is 5.91 Å². The van der Waals surface area contributed by atoms with Gasteiger partial charge in [0.25, 0.3) is 0 Å². The quantitative estimate of drug-likeness (QED) is 0.332. The van der Waals surface area contributed by atoms with Gasteiger partial charge in [-0.3, -0.25) is 4.79 Å². The minimum Gasteiger partial charge on any atom is -0.383 e. The van der Waals surface area contributed by atoms with Gasteiger partial charge >= 0.3 is 0 Å². The lowest BCUT2D eigenvalue weighted by Gasteiger charge is -2.18. The molecule has 2 aromatic carbocycles. The number of nitrogens with two attached hydrogens (primary N) is 1. The fourth-order valence-electron chi connectivity index (χ4n) is 3.21. The molecule has 0 fully saturated rings. The van der Waals surface area contributed by atoms with Crippen LogP contribution < -0.4 is 16.0 Å². The third-order valence-electron chi connectivity index (χ3n) is 4.86. The van der Waals surface area contributed by atoms with Gasteiger partial charge in [-0.1, -0.05) is 31.5 Å². The van der Waals surface area contributed by atoms with Crippen LogP contribution in [0.15, 0.2) is 71.0 Å². The molecule has 0 bridgehead atoms. The summed E-state index contributed by atoms with van der Waals surface area (Å²) in [6.45, 7) is 2.09. The zero-order valence-corrected chi connectivity index (χ0v) is 19.7. The van der Waals surface area contributed by atoms with Gasteiger partial charge in [-0.2, -0.15) is 0 Å². The van der Waals surface area contributed by atoms with E-state index in [1.54, 1.807) is 11.3 Å². The minimum atomic E-state index is -0.212. The fourth-order valence-corrected chi connectivity index (χ4v) is 3.84. The topological polar surface area (TPSA) is 70.7 Å². The zero-order chi connectivity index (χ0) is 21.5. The monoisotopic (exact) mass is 456 g/mol. The maximum absolute atomic E-state index is 13.0. The molecular weight excluding hydrogens is 428 g/mol. The highest BCUT2D eigenvalue weighted by Crippen LogP contribution is 2.26. The molecule has 5 nitrogen and oxygen atoms in total. The lowest BCUT2D eigenvalue weighted by atomic mass is 9.93. The normalized spacial score (nSPS) is 12.0. The first-order valence-corrected chi connectivity index (χ1v) is 10.9. The van der Waals surface area contributed by atoms with Gasteiger partial charge in [0.05, 0.1) is 16.5 Å². The van der Waals surface area contributed by atoms with E-state index in [0.29, 0.717) is 5.84 Å². The molecule has 7 heteroatoms. The minimum absolute atomic E-state index is 0. The molecule has 0 saturated heterocycles. The van der Waals surface area contributed by atoms with E-state index in [1.165, 1.54) is 0 Å². The Kier molecular flexibility index (Phi) is 9.09. The van der Waals surface area contributed by atoms with Crippen molar-refractivity contribution in [2.24, 2.45) is 10.7 Å². The Bertz CT molecular complexity index is 983. The summed E-state index contributed by atoms with van der Waals surface area (Å²) < 4.78 is 0. The lowest BCUT2D eigenvalue weighted by molar-refractivity contribution is -0.117. The maximum atomic E-state index is 13.0. The molecule has 1 amide bonds. The van der Waals surface area contributed by atoms with Crippen molar-refractivity contribution in [2.45, 2.75) is 25.7 Å². The zero-order valence-electron chi connectivity index (χ0n) is 18.0. The Morgan fingerprint density at radius 3 is 2.32 bits per heavy atom. The van der Waals surface area contributed by atoms with E-state index in [1.807, 2.05) is 85.0 Å². The number of nitrogens with one attached hydrogen (secondary N) is 1. The van der Waals surface area contributed by atoms with Gasteiger partial charge in [0.15, 0.2) is 0 Å². The van der Waals surface area contributed by atoms with Crippen LogP contribution in [0.25, 0.3) is 0 Å². The molecule has 31 heavy (non-hydrogen) atoms. The van der Waals surface area contributed by atoms with Crippen molar-refractivity contribution in [3.05, 3.63) is 76.5 Å². The van der Waals surface area contributed by atoms with Crippen molar-refractivity contribution in [2.75, 3.05) is 24.3 Å². The number of carbonyl (C=O) groups excluding carboxylic acids is 1. The highest BCUT2D eigenvalue weighted by atomic mass is 35.5. The number of amides is 1. The molecule has 0 spiro atoms. The van der Waals surface area contributed by atoms with E-state index in [2.05, 4.69) is 17.2 Å². The summed E-state index contributed by atoms with van der Waals surface area (Å²) in [6, 6.07) is 19.5. The number of aliphatic imine (C=N–C) groups is 1. The molecule has 0 saturated carbocycles. The van der Waals surface area contributed by atoms with Gasteiger partial charge in [0.1, 0.15) is 5.84 Å². The molecule has 0 radical (unpaired) electrons. The third-order valence-corrected chi connectivity index (χ3v) is 5.76. The number of hydrogen-bond donors (Lipinski definition) is 2. The molecule has 1 atom stereocenters. The smallest absolute Gasteiger partial charge is 0.231 e. The van der Waals surface area contributed by atoms with Gasteiger partial charge in [-0.15, -0.1) is 23.7 Å². The predicted molar refractivity (Wildman–Crippen MR) is 135 cm³/mol. The summed E-state index contributed by atoms with van der Waals surface area (Å²) in [5.41, 5.74) is 9.73. The first-order chi connectivity index (χ1) is 14.5. The predicted octanol–water partition coefficient (Wildman–Crippen LogP) is 5.80. The Morgan fingerprint density at radius 1 is 1.10 bits per heavy atom. The Hall–Kier alpha value is -2.83. The van der Waals surface area contributed by atoms with Gasteiger partial charge in [-0.05, 0) is 59.8 Å². The second-order valence-electron chi connectivity index (χ2n) is 7.34. The number of anilines is 2. The molecule has 3 rings (SSSR count). The van der Waals surface area contributed by atoms with Crippen LogP contribution in [0.3, 0.4) is 0 Å². The summed E-state index contributed by atoms with van der Waals surface area (Å²) >= 11 is 1.56. The fraction of sp³-hybridized carbons (Fsp3) is 0.250. The molecule has 0 aliphatic rings. The first-order valence-electron chi connectivity index (χ1n) is 10.0. The van der Waals surface area contributed by atoms with Crippen LogP contribution in [0, 0.1) is 0 Å². The molecule has 1 unspecified atom stereocenters. The average Bonchev–Trinajstić information content (AvgIpc) is 3.28. The Labute approximate surface area is 194 Å². The van der Waals surface area contributed by atoms with E-state index < -0.39 is 0 Å². The van der Waals surface area contributed by atoms with Crippen LogP contribution in [0.2, 0.25) is 0 Å². The summed E-state index contributed by atoms with van der Waals surface area (Å²) in [7, 11) is 3.99. The second-order valence-corrected chi connectivity index (χ2v) is 8.29. The molecule has 164 valence electrons. The molecule has 0 aliphatic heterocycles. The van der Waals surface area contributed by atoms with Crippen LogP contribution in [-0.4, -0.2) is 25.8 Å². The largest absolute Gasteiger partial charge is 0.383 e. The Balaban J connectivity index is 0.00000341. The van der Waals surface area contributed by atoms with E-state index in [9.17, 15) is 4.79 Å². The van der Waals surface area contributed by atoms with Crippen LogP contribution in [0.1, 0.15) is 36.1 Å². The van der Waals surface area contributed by atoms with Crippen LogP contribution in [0.5, 0.6) is 0 Å². The second kappa shape index (κ2) is 11.5. The van der Waals surface area contributed by atoms with E-state index in [-0.39, 0.29) is 24.2 Å². The summed E-state index contributed by atoms with van der Waals surface area (Å²) in [4.78, 5) is 20.4. The molecule has 0 aliphatic carbocycles. The highest BCUT2D eigenvalue weighted by molar-refractivity contribution is 7.12. The van der Waals surface area contributed by atoms with Crippen molar-refractivity contribution in [3.8, 4) is 0 Å². The Morgan fingerprint density at radius 2 is 1.77 bits per heavy atom. The number of nitrogens with zero attached hydrogens (tertiary/aromatic N) is 2. The number of hydrogen-bond acceptors (Lipinski definition) is 4. The summed E-state index contributed by atoms with van der Waals surface area (Å²) in [5, 5.41) is 5.03. The van der Waals surface area contributed by atoms with Crippen molar-refractivity contribution >= 4 is 52.5 Å². The molecule has 1 heterocycles. The number of thiophene rings is 1. The number of rotatable bonds is 8. The molecule has 1 aromatic heterocycles. The SMILES string of the molecule is CCCC(C(=O)Nc1ccc(N(C)C)cc1)c1ccc(N=C(N)c2cccs2)cc1.Cl. The van der Waals surface area contributed by atoms with Gasteiger partial charge < -0.3 is 16.0 Å². The number of halogens is 1. The third kappa shape index (κ3) is 6.57. The summed E-state index contributed by atoms with van der Waals surface area (Å²) in [5.74, 6) is 0.293. The first kappa shape index (κ1) is 24.4. The van der Waals surface area contributed by atoms with Crippen molar-refractivity contribution in [1.29, 1.82) is 0 Å². The van der Waals surface area contributed by atoms with Crippen LogP contribution in [0.4, 0.5) is 17.1 Å². The van der Waals surface area contributed by atoms with Gasteiger partial charge in [0, 0.05) is 25.5 Å². The number of benzene rings is 2. The highest BCUT2D eigenvalue weighted by Gasteiger charge is 2.20. The molecule has 3 aromatic rings. The number of amidine groups is 1. The summed E-state index contributed by atoms with van der Waals surface area (Å²) in [6.07, 6.45) is 1.70.